The van der Waals surface area contributed by atoms with Crippen LogP contribution in [0, 0.1) is 0 Å². The first-order valence-electron chi connectivity index (χ1n) is 21.4. The number of hydrogen-bond acceptors (Lipinski definition) is 3. The summed E-state index contributed by atoms with van der Waals surface area (Å²) >= 11 is 6.53. The van der Waals surface area contributed by atoms with Gasteiger partial charge >= 0.3 is 0 Å². The third-order valence-electron chi connectivity index (χ3n) is 13.0. The van der Waals surface area contributed by atoms with Gasteiger partial charge in [-0.15, -0.1) is 0 Å². The summed E-state index contributed by atoms with van der Waals surface area (Å²) in [5, 5.41) is 5.17. The van der Waals surface area contributed by atoms with Gasteiger partial charge in [-0.2, -0.15) is 9.97 Å². The number of para-hydroxylation sites is 2. The Morgan fingerprint density at radius 3 is 1.75 bits per heavy atom. The van der Waals surface area contributed by atoms with E-state index in [2.05, 4.69) is 193 Å². The third kappa shape index (κ3) is 6.17. The molecule has 2 aromatic heterocycles. The molecule has 5 heteroatoms. The zero-order chi connectivity index (χ0) is 42.2. The molecule has 9 aromatic carbocycles. The fourth-order valence-corrected chi connectivity index (χ4v) is 10.1. The van der Waals surface area contributed by atoms with E-state index in [4.69, 9.17) is 16.6 Å². The van der Waals surface area contributed by atoms with Gasteiger partial charge in [0.15, 0.2) is 11.6 Å². The summed E-state index contributed by atoms with van der Waals surface area (Å²) in [6, 6.07) is 69.5. The highest BCUT2D eigenvalue weighted by Crippen LogP contribution is 2.56. The molecular weight excluding hydrogens is 788 g/mol. The first kappa shape index (κ1) is 37.1. The Morgan fingerprint density at radius 1 is 0.413 bits per heavy atom. The molecule has 1 aliphatic rings. The summed E-state index contributed by atoms with van der Waals surface area (Å²) in [6.07, 6.45) is 0. The van der Waals surface area contributed by atoms with Crippen molar-refractivity contribution in [1.29, 1.82) is 0 Å². The van der Waals surface area contributed by atoms with Gasteiger partial charge in [0.2, 0.25) is 5.28 Å². The van der Waals surface area contributed by atoms with Crippen molar-refractivity contribution < 1.29 is 0 Å². The van der Waals surface area contributed by atoms with Crippen molar-refractivity contribution >= 4 is 44.2 Å². The monoisotopic (exact) mass is 826 g/mol. The maximum atomic E-state index is 6.53. The van der Waals surface area contributed by atoms with E-state index >= 15 is 0 Å². The molecule has 0 unspecified atom stereocenters. The number of nitrogens with zero attached hydrogens (tertiary/aromatic N) is 3. The Morgan fingerprint density at radius 2 is 0.984 bits per heavy atom. The number of hydrogen-bond donors (Lipinski definition) is 1. The van der Waals surface area contributed by atoms with E-state index in [1.165, 1.54) is 66.1 Å². The van der Waals surface area contributed by atoms with Gasteiger partial charge in [0.05, 0.1) is 5.52 Å². The molecule has 2 heterocycles. The van der Waals surface area contributed by atoms with E-state index < -0.39 is 0 Å². The maximum absolute atomic E-state index is 6.53. The highest BCUT2D eigenvalue weighted by Gasteiger charge is 2.39. The van der Waals surface area contributed by atoms with Crippen LogP contribution < -0.4 is 0 Å². The fourth-order valence-electron chi connectivity index (χ4n) is 9.96. The van der Waals surface area contributed by atoms with E-state index in [1.54, 1.807) is 0 Å². The molecule has 11 aromatic rings. The number of H-pyrrole nitrogens is 1. The average molecular weight is 827 g/mol. The molecular formula is C58H39ClN4. The topological polar surface area (TPSA) is 54.5 Å². The fraction of sp³-hybridized carbons (Fsp3) is 0.0517. The number of fused-ring (bicyclic) bond motifs is 8. The van der Waals surface area contributed by atoms with Crippen molar-refractivity contribution in [2.45, 2.75) is 19.3 Å². The Balaban J connectivity index is 0.957. The summed E-state index contributed by atoms with van der Waals surface area (Å²) in [5.74, 6) is 1.07. The van der Waals surface area contributed by atoms with Crippen molar-refractivity contribution in [3.8, 4) is 78.4 Å². The van der Waals surface area contributed by atoms with Crippen LogP contribution in [0.5, 0.6) is 0 Å². The standard InChI is InChI=1S/C58H39ClN4/c1-58(2)50-31-30-38-14-6-7-17-44(38)52(50)49-34-43(45-19-11-20-47-46-18-8-9-21-51(46)60-54(45)47)33-48(53(49)58)42-16-10-15-41(32-42)37-24-28-40(29-25-37)56-61-55(62-57(59)63-56)39-26-22-36(23-27-39)35-12-4-3-5-13-35/h3-34,60H,1-2H3. The molecule has 298 valence electrons. The maximum Gasteiger partial charge on any atom is 0.226 e. The van der Waals surface area contributed by atoms with Crippen LogP contribution in [0.25, 0.3) is 111 Å². The van der Waals surface area contributed by atoms with Crippen molar-refractivity contribution in [3.05, 3.63) is 211 Å². The van der Waals surface area contributed by atoms with Crippen molar-refractivity contribution in [2.24, 2.45) is 0 Å². The second-order valence-corrected chi connectivity index (χ2v) is 17.4. The highest BCUT2D eigenvalue weighted by molar-refractivity contribution is 6.28. The van der Waals surface area contributed by atoms with Crippen LogP contribution in [-0.4, -0.2) is 19.9 Å². The molecule has 4 nitrogen and oxygen atoms in total. The summed E-state index contributed by atoms with van der Waals surface area (Å²) in [6.45, 7) is 4.77. The van der Waals surface area contributed by atoms with Crippen LogP contribution in [0.1, 0.15) is 25.0 Å². The molecule has 1 N–H and O–H groups in total. The zero-order valence-electron chi connectivity index (χ0n) is 34.7. The number of aromatic amines is 1. The number of halogens is 1. The van der Waals surface area contributed by atoms with Crippen LogP contribution in [0.4, 0.5) is 0 Å². The van der Waals surface area contributed by atoms with Gasteiger partial charge in [0.1, 0.15) is 0 Å². The predicted molar refractivity (Wildman–Crippen MR) is 262 cm³/mol. The summed E-state index contributed by atoms with van der Waals surface area (Å²) in [5.41, 5.74) is 18.4. The quantitative estimate of drug-likeness (QED) is 0.182. The highest BCUT2D eigenvalue weighted by atomic mass is 35.5. The van der Waals surface area contributed by atoms with Gasteiger partial charge in [-0.1, -0.05) is 184 Å². The first-order chi connectivity index (χ1) is 30.9. The second kappa shape index (κ2) is 14.5. The Bertz CT molecular complexity index is 3590. The number of benzene rings is 9. The van der Waals surface area contributed by atoms with Gasteiger partial charge in [-0.05, 0) is 108 Å². The molecule has 0 fully saturated rings. The van der Waals surface area contributed by atoms with Crippen molar-refractivity contribution in [1.82, 2.24) is 19.9 Å². The average Bonchev–Trinajstić information content (AvgIpc) is 3.83. The van der Waals surface area contributed by atoms with Gasteiger partial charge < -0.3 is 4.98 Å². The van der Waals surface area contributed by atoms with Crippen molar-refractivity contribution in [2.75, 3.05) is 0 Å². The lowest BCUT2D eigenvalue weighted by molar-refractivity contribution is 0.662. The number of nitrogens with one attached hydrogen (secondary N) is 1. The second-order valence-electron chi connectivity index (χ2n) is 17.0. The molecule has 0 radical (unpaired) electrons. The van der Waals surface area contributed by atoms with Crippen LogP contribution >= 0.6 is 11.6 Å². The molecule has 0 bridgehead atoms. The largest absolute Gasteiger partial charge is 0.354 e. The lowest BCUT2D eigenvalue weighted by atomic mass is 9.77. The first-order valence-corrected chi connectivity index (χ1v) is 21.7. The molecule has 0 saturated heterocycles. The smallest absolute Gasteiger partial charge is 0.226 e. The van der Waals surface area contributed by atoms with Crippen LogP contribution in [0.3, 0.4) is 0 Å². The Labute approximate surface area is 370 Å². The van der Waals surface area contributed by atoms with E-state index in [-0.39, 0.29) is 10.7 Å². The predicted octanol–water partition coefficient (Wildman–Crippen LogP) is 15.6. The molecule has 1 aliphatic carbocycles. The minimum atomic E-state index is -0.234. The van der Waals surface area contributed by atoms with Gasteiger partial charge in [0, 0.05) is 38.4 Å². The van der Waals surface area contributed by atoms with Crippen molar-refractivity contribution in [3.63, 3.8) is 0 Å². The lowest BCUT2D eigenvalue weighted by Gasteiger charge is -2.25. The minimum absolute atomic E-state index is 0.160. The Kier molecular flexibility index (Phi) is 8.53. The summed E-state index contributed by atoms with van der Waals surface area (Å²) < 4.78 is 0. The minimum Gasteiger partial charge on any atom is -0.354 e. The molecule has 63 heavy (non-hydrogen) atoms. The SMILES string of the molecule is CC1(C)c2ccc3ccccc3c2-c2cc(-c3cccc4c3[nH]c3ccccc34)cc(-c3cccc(-c4ccc(-c5nc(Cl)nc(-c6ccc(-c7ccccc7)cc6)n5)cc4)c3)c21. The Hall–Kier alpha value is -7.66. The number of aromatic nitrogens is 4. The van der Waals surface area contributed by atoms with Gasteiger partial charge in [-0.3, -0.25) is 0 Å². The lowest BCUT2D eigenvalue weighted by Crippen LogP contribution is -2.16. The number of rotatable bonds is 6. The van der Waals surface area contributed by atoms with Crippen LogP contribution in [0.15, 0.2) is 194 Å². The molecule has 0 amide bonds. The zero-order valence-corrected chi connectivity index (χ0v) is 35.5. The van der Waals surface area contributed by atoms with E-state index in [0.29, 0.717) is 11.6 Å². The molecule has 0 spiro atoms. The van der Waals surface area contributed by atoms with E-state index in [0.717, 1.165) is 44.4 Å². The van der Waals surface area contributed by atoms with E-state index in [1.807, 2.05) is 30.3 Å². The third-order valence-corrected chi connectivity index (χ3v) is 13.2. The molecule has 0 aliphatic heterocycles. The van der Waals surface area contributed by atoms with Gasteiger partial charge in [-0.25, -0.2) is 4.98 Å². The molecule has 0 atom stereocenters. The molecule has 12 rings (SSSR count). The normalized spacial score (nSPS) is 12.8. The van der Waals surface area contributed by atoms with Crippen LogP contribution in [-0.2, 0) is 5.41 Å². The summed E-state index contributed by atoms with van der Waals surface area (Å²) in [4.78, 5) is 17.7. The molecule has 0 saturated carbocycles. The van der Waals surface area contributed by atoms with Crippen LogP contribution in [0.2, 0.25) is 5.28 Å². The summed E-state index contributed by atoms with van der Waals surface area (Å²) in [7, 11) is 0. The van der Waals surface area contributed by atoms with Gasteiger partial charge in [0.25, 0.3) is 0 Å². The van der Waals surface area contributed by atoms with E-state index in [9.17, 15) is 0 Å².